The van der Waals surface area contributed by atoms with Crippen LogP contribution in [0.15, 0.2) is 30.3 Å². The summed E-state index contributed by atoms with van der Waals surface area (Å²) in [6, 6.07) is 7.59. The van der Waals surface area contributed by atoms with Gasteiger partial charge in [0, 0.05) is 28.2 Å². The number of carbonyl (C=O) groups is 2. The van der Waals surface area contributed by atoms with Crippen molar-refractivity contribution in [3.63, 3.8) is 0 Å². The van der Waals surface area contributed by atoms with Crippen molar-refractivity contribution in [2.45, 2.75) is 44.2 Å². The highest BCUT2D eigenvalue weighted by atomic mass is 35.5. The number of nitrogens with zero attached hydrogens (tertiary/aromatic N) is 2. The van der Waals surface area contributed by atoms with Crippen LogP contribution in [-0.2, 0) is 20.8 Å². The molecule has 2 aromatic carbocycles. The van der Waals surface area contributed by atoms with E-state index in [1.807, 2.05) is 18.2 Å². The quantitative estimate of drug-likeness (QED) is 0.407. The molecule has 0 aromatic heterocycles. The molecule has 5 rings (SSSR count). The number of benzene rings is 2. The number of methoxy groups -OCH3 is 1. The van der Waals surface area contributed by atoms with Crippen LogP contribution in [0.25, 0.3) is 0 Å². The van der Waals surface area contributed by atoms with E-state index in [9.17, 15) is 9.59 Å². The number of carbonyl (C=O) groups excluding carboxylic acids is 2. The van der Waals surface area contributed by atoms with Crippen molar-refractivity contribution in [3.8, 4) is 5.75 Å². The highest BCUT2D eigenvalue weighted by Gasteiger charge is 2.38. The smallest absolute Gasteiger partial charge is 0.331 e. The second kappa shape index (κ2) is 11.8. The Morgan fingerprint density at radius 3 is 2.47 bits per heavy atom. The van der Waals surface area contributed by atoms with Gasteiger partial charge in [0.2, 0.25) is 0 Å². The summed E-state index contributed by atoms with van der Waals surface area (Å²) in [4.78, 5) is 28.7. The normalized spacial score (nSPS) is 20.5. The van der Waals surface area contributed by atoms with Gasteiger partial charge in [-0.2, -0.15) is 0 Å². The Bertz CT molecular complexity index is 1180. The SMILES string of the molecule is COC(=O)C1COCN1C(=O)c1cc(C2CC2)c(OCC2CCN(Cc3c(Cl)cccc3Cl)CC2)cc1F. The molecule has 0 N–H and O–H groups in total. The fourth-order valence-corrected chi connectivity index (χ4v) is 5.65. The molecule has 0 bridgehead atoms. The van der Waals surface area contributed by atoms with Gasteiger partial charge >= 0.3 is 5.97 Å². The van der Waals surface area contributed by atoms with Gasteiger partial charge in [0.1, 0.15) is 18.3 Å². The molecule has 7 nitrogen and oxygen atoms in total. The molecule has 3 fully saturated rings. The van der Waals surface area contributed by atoms with Crippen molar-refractivity contribution in [1.29, 1.82) is 0 Å². The summed E-state index contributed by atoms with van der Waals surface area (Å²) in [7, 11) is 1.25. The molecule has 1 amide bonds. The van der Waals surface area contributed by atoms with E-state index < -0.39 is 23.7 Å². The Kier molecular flexibility index (Phi) is 8.43. The summed E-state index contributed by atoms with van der Waals surface area (Å²) < 4.78 is 31.4. The van der Waals surface area contributed by atoms with Crippen LogP contribution in [0.5, 0.6) is 5.75 Å². The maximum absolute atomic E-state index is 15.2. The summed E-state index contributed by atoms with van der Waals surface area (Å²) in [5.41, 5.74) is 1.71. The second-order valence-corrected chi connectivity index (χ2v) is 11.0. The first-order chi connectivity index (χ1) is 18.4. The minimum Gasteiger partial charge on any atom is -0.493 e. The first kappa shape index (κ1) is 27.2. The van der Waals surface area contributed by atoms with E-state index in [-0.39, 0.29) is 24.8 Å². The minimum atomic E-state index is -0.882. The predicted molar refractivity (Wildman–Crippen MR) is 141 cm³/mol. The Labute approximate surface area is 231 Å². The fourth-order valence-electron chi connectivity index (χ4n) is 5.13. The van der Waals surface area contributed by atoms with Crippen LogP contribution in [0.4, 0.5) is 4.39 Å². The van der Waals surface area contributed by atoms with Crippen LogP contribution in [-0.4, -0.2) is 67.9 Å². The summed E-state index contributed by atoms with van der Waals surface area (Å²) >= 11 is 12.7. The van der Waals surface area contributed by atoms with E-state index in [0.29, 0.717) is 34.9 Å². The van der Waals surface area contributed by atoms with E-state index in [0.717, 1.165) is 49.9 Å². The Morgan fingerprint density at radius 2 is 1.82 bits per heavy atom. The van der Waals surface area contributed by atoms with Crippen molar-refractivity contribution in [3.05, 3.63) is 62.9 Å². The monoisotopic (exact) mass is 564 g/mol. The van der Waals surface area contributed by atoms with Crippen LogP contribution < -0.4 is 4.74 Å². The van der Waals surface area contributed by atoms with Gasteiger partial charge in [0.25, 0.3) is 5.91 Å². The third-order valence-corrected chi connectivity index (χ3v) is 8.30. The molecule has 3 aliphatic rings. The number of hydrogen-bond acceptors (Lipinski definition) is 6. The summed E-state index contributed by atoms with van der Waals surface area (Å²) in [5, 5.41) is 1.36. The second-order valence-electron chi connectivity index (χ2n) is 10.2. The van der Waals surface area contributed by atoms with E-state index in [1.165, 1.54) is 18.1 Å². The van der Waals surface area contributed by atoms with Crippen molar-refractivity contribution in [1.82, 2.24) is 9.80 Å². The highest BCUT2D eigenvalue weighted by molar-refractivity contribution is 6.35. The van der Waals surface area contributed by atoms with Gasteiger partial charge in [-0.1, -0.05) is 29.3 Å². The zero-order chi connectivity index (χ0) is 26.8. The third-order valence-electron chi connectivity index (χ3n) is 7.59. The number of piperidine rings is 1. The molecule has 204 valence electrons. The summed E-state index contributed by atoms with van der Waals surface area (Å²) in [6.07, 6.45) is 3.83. The molecule has 1 saturated carbocycles. The molecule has 2 aromatic rings. The van der Waals surface area contributed by atoms with Gasteiger partial charge in [-0.15, -0.1) is 0 Å². The molecule has 38 heavy (non-hydrogen) atoms. The number of ether oxygens (including phenoxy) is 3. The molecule has 0 spiro atoms. The molecular formula is C28H31Cl2FN2O5. The first-order valence-electron chi connectivity index (χ1n) is 12.9. The van der Waals surface area contributed by atoms with Crippen molar-refractivity contribution in [2.24, 2.45) is 5.92 Å². The topological polar surface area (TPSA) is 68.3 Å². The molecule has 2 saturated heterocycles. The molecule has 2 heterocycles. The van der Waals surface area contributed by atoms with Crippen molar-refractivity contribution in [2.75, 3.05) is 40.1 Å². The zero-order valence-electron chi connectivity index (χ0n) is 21.3. The van der Waals surface area contributed by atoms with Crippen LogP contribution in [0, 0.1) is 11.7 Å². The summed E-state index contributed by atoms with van der Waals surface area (Å²) in [5.74, 6) is -0.766. The maximum Gasteiger partial charge on any atom is 0.331 e. The molecule has 1 atom stereocenters. The van der Waals surface area contributed by atoms with Gasteiger partial charge in [-0.05, 0) is 74.4 Å². The fraction of sp³-hybridized carbons (Fsp3) is 0.500. The number of hydrogen-bond donors (Lipinski definition) is 0. The van der Waals surface area contributed by atoms with E-state index in [4.69, 9.17) is 37.4 Å². The largest absolute Gasteiger partial charge is 0.493 e. The standard InChI is InChI=1S/C28H31Cl2FN2O5/c1-36-28(35)25-15-37-16-33(25)27(34)20-11-19(18-5-6-18)26(12-24(20)31)38-14-17-7-9-32(10-8-17)13-21-22(29)3-2-4-23(21)30/h2-4,11-12,17-18,25H,5-10,13-16H2,1H3. The lowest BCUT2D eigenvalue weighted by Gasteiger charge is -2.32. The van der Waals surface area contributed by atoms with E-state index >= 15 is 4.39 Å². The molecule has 1 unspecified atom stereocenters. The van der Waals surface area contributed by atoms with Crippen LogP contribution >= 0.6 is 23.2 Å². The molecule has 2 aliphatic heterocycles. The minimum absolute atomic E-state index is 0.0287. The first-order valence-corrected chi connectivity index (χ1v) is 13.7. The van der Waals surface area contributed by atoms with Gasteiger partial charge in [-0.25, -0.2) is 9.18 Å². The van der Waals surface area contributed by atoms with Gasteiger partial charge < -0.3 is 14.2 Å². The molecule has 1 aliphatic carbocycles. The average Bonchev–Trinajstić information content (AvgIpc) is 3.64. The molecule has 10 heteroatoms. The lowest BCUT2D eigenvalue weighted by molar-refractivity contribution is -0.144. The molecular weight excluding hydrogens is 534 g/mol. The maximum atomic E-state index is 15.2. The van der Waals surface area contributed by atoms with Crippen LogP contribution in [0.3, 0.4) is 0 Å². The van der Waals surface area contributed by atoms with Gasteiger partial charge in [-0.3, -0.25) is 14.6 Å². The number of rotatable bonds is 8. The number of amides is 1. The average molecular weight is 565 g/mol. The number of halogens is 3. The lowest BCUT2D eigenvalue weighted by atomic mass is 9.97. The van der Waals surface area contributed by atoms with Gasteiger partial charge in [0.05, 0.1) is 25.9 Å². The van der Waals surface area contributed by atoms with Crippen molar-refractivity contribution >= 4 is 35.1 Å². The lowest BCUT2D eigenvalue weighted by Crippen LogP contribution is -2.42. The summed E-state index contributed by atoms with van der Waals surface area (Å²) in [6.45, 7) is 2.92. The third kappa shape index (κ3) is 5.93. The molecule has 0 radical (unpaired) electrons. The Balaban J connectivity index is 1.22. The number of likely N-dealkylation sites (tertiary alicyclic amines) is 1. The Hall–Kier alpha value is -2.39. The van der Waals surface area contributed by atoms with E-state index in [1.54, 1.807) is 6.07 Å². The van der Waals surface area contributed by atoms with Crippen molar-refractivity contribution < 1.29 is 28.2 Å². The van der Waals surface area contributed by atoms with Crippen LogP contribution in [0.2, 0.25) is 10.0 Å². The van der Waals surface area contributed by atoms with Gasteiger partial charge in [0.15, 0.2) is 6.04 Å². The Morgan fingerprint density at radius 1 is 1.11 bits per heavy atom. The van der Waals surface area contributed by atoms with E-state index in [2.05, 4.69) is 4.90 Å². The zero-order valence-corrected chi connectivity index (χ0v) is 22.8. The highest BCUT2D eigenvalue weighted by Crippen LogP contribution is 2.45. The van der Waals surface area contributed by atoms with Crippen LogP contribution in [0.1, 0.15) is 53.1 Å². The predicted octanol–water partition coefficient (Wildman–Crippen LogP) is 5.27. The number of esters is 1.